The topological polar surface area (TPSA) is 63.4 Å². The molecule has 0 aromatic heterocycles. The molecule has 1 aliphatic heterocycles. The van der Waals surface area contributed by atoms with E-state index in [0.717, 1.165) is 32.1 Å². The largest absolute Gasteiger partial charge is 0.326 e. The molecule has 0 bridgehead atoms. The molecule has 1 unspecified atom stereocenters. The molecular formula is C12H26N2O2S. The van der Waals surface area contributed by atoms with Crippen LogP contribution < -0.4 is 5.73 Å². The third kappa shape index (κ3) is 4.23. The molecule has 1 atom stereocenters. The quantitative estimate of drug-likeness (QED) is 0.790. The van der Waals surface area contributed by atoms with Gasteiger partial charge in [0.25, 0.3) is 0 Å². The minimum absolute atomic E-state index is 0.110. The Morgan fingerprint density at radius 3 is 2.12 bits per heavy atom. The van der Waals surface area contributed by atoms with Gasteiger partial charge in [0, 0.05) is 19.1 Å². The molecule has 1 fully saturated rings. The normalized spacial score (nSPS) is 20.7. The summed E-state index contributed by atoms with van der Waals surface area (Å²) in [5.74, 6) is 0.425. The molecule has 0 spiro atoms. The van der Waals surface area contributed by atoms with Crippen LogP contribution in [0.4, 0.5) is 0 Å². The van der Waals surface area contributed by atoms with E-state index in [1.165, 1.54) is 0 Å². The smallest absolute Gasteiger partial charge is 0.215 e. The molecular weight excluding hydrogens is 236 g/mol. The second kappa shape index (κ2) is 6.71. The lowest BCUT2D eigenvalue weighted by atomic mass is 9.96. The molecule has 0 aromatic rings. The van der Waals surface area contributed by atoms with E-state index in [4.69, 9.17) is 5.73 Å². The van der Waals surface area contributed by atoms with Gasteiger partial charge in [-0.3, -0.25) is 0 Å². The van der Waals surface area contributed by atoms with Gasteiger partial charge in [-0.05, 0) is 18.8 Å². The second-order valence-corrected chi connectivity index (χ2v) is 6.99. The fourth-order valence-corrected chi connectivity index (χ4v) is 4.31. The van der Waals surface area contributed by atoms with Crippen LogP contribution in [0, 0.1) is 5.92 Å². The van der Waals surface area contributed by atoms with E-state index >= 15 is 0 Å². The van der Waals surface area contributed by atoms with Crippen LogP contribution in [0.5, 0.6) is 0 Å². The maximum atomic E-state index is 12.2. The number of hydrogen-bond donors (Lipinski definition) is 1. The highest BCUT2D eigenvalue weighted by molar-refractivity contribution is 7.89. The van der Waals surface area contributed by atoms with E-state index in [-0.39, 0.29) is 11.8 Å². The Hall–Kier alpha value is -0.130. The van der Waals surface area contributed by atoms with Gasteiger partial charge in [-0.2, -0.15) is 0 Å². The van der Waals surface area contributed by atoms with Gasteiger partial charge in [0.05, 0.1) is 5.75 Å². The predicted octanol–water partition coefficient (Wildman–Crippen LogP) is 1.57. The lowest BCUT2D eigenvalue weighted by Crippen LogP contribution is -2.44. The third-order valence-electron chi connectivity index (χ3n) is 3.77. The molecule has 2 N–H and O–H groups in total. The van der Waals surface area contributed by atoms with Crippen molar-refractivity contribution in [1.29, 1.82) is 0 Å². The maximum absolute atomic E-state index is 12.2. The Morgan fingerprint density at radius 1 is 1.12 bits per heavy atom. The molecule has 1 heterocycles. The highest BCUT2D eigenvalue weighted by Crippen LogP contribution is 2.18. The standard InChI is InChI=1S/C12H26N2O2S/c1-3-11(4-2)12(13)10-17(15,16)14-8-6-5-7-9-14/h11-12H,3-10,13H2,1-2H3. The number of piperidine rings is 1. The van der Waals surface area contributed by atoms with Gasteiger partial charge in [-0.15, -0.1) is 0 Å². The number of hydrogen-bond acceptors (Lipinski definition) is 3. The van der Waals surface area contributed by atoms with Crippen molar-refractivity contribution in [2.75, 3.05) is 18.8 Å². The molecule has 0 saturated carbocycles. The van der Waals surface area contributed by atoms with Gasteiger partial charge in [-0.1, -0.05) is 33.1 Å². The second-order valence-electron chi connectivity index (χ2n) is 4.98. The van der Waals surface area contributed by atoms with Crippen LogP contribution in [0.25, 0.3) is 0 Å². The van der Waals surface area contributed by atoms with E-state index in [1.807, 2.05) is 0 Å². The molecule has 1 saturated heterocycles. The zero-order valence-corrected chi connectivity index (χ0v) is 11.9. The molecule has 0 aromatic carbocycles. The summed E-state index contributed by atoms with van der Waals surface area (Å²) in [5.41, 5.74) is 6.03. The van der Waals surface area contributed by atoms with Crippen LogP contribution in [0.15, 0.2) is 0 Å². The van der Waals surface area contributed by atoms with Crippen molar-refractivity contribution < 1.29 is 8.42 Å². The van der Waals surface area contributed by atoms with Gasteiger partial charge in [0.1, 0.15) is 0 Å². The highest BCUT2D eigenvalue weighted by Gasteiger charge is 2.28. The Balaban J connectivity index is 2.58. The number of nitrogens with two attached hydrogens (primary N) is 1. The summed E-state index contributed by atoms with van der Waals surface area (Å²) >= 11 is 0. The van der Waals surface area contributed by atoms with E-state index in [1.54, 1.807) is 4.31 Å². The van der Waals surface area contributed by atoms with Crippen LogP contribution in [0.1, 0.15) is 46.0 Å². The molecule has 4 nitrogen and oxygen atoms in total. The van der Waals surface area contributed by atoms with Crippen LogP contribution in [0.2, 0.25) is 0 Å². The van der Waals surface area contributed by atoms with Crippen molar-refractivity contribution >= 4 is 10.0 Å². The van der Waals surface area contributed by atoms with Crippen molar-refractivity contribution in [2.24, 2.45) is 11.7 Å². The molecule has 0 amide bonds. The summed E-state index contributed by atoms with van der Waals surface area (Å²) in [4.78, 5) is 0. The monoisotopic (exact) mass is 262 g/mol. The number of rotatable bonds is 6. The van der Waals surface area contributed by atoms with Gasteiger partial charge in [0.2, 0.25) is 10.0 Å². The summed E-state index contributed by atoms with van der Waals surface area (Å²) in [5, 5.41) is 0. The lowest BCUT2D eigenvalue weighted by Gasteiger charge is -2.29. The van der Waals surface area contributed by atoms with E-state index in [2.05, 4.69) is 13.8 Å². The predicted molar refractivity (Wildman–Crippen MR) is 71.3 cm³/mol. The van der Waals surface area contributed by atoms with Gasteiger partial charge in [0.15, 0.2) is 0 Å². The summed E-state index contributed by atoms with van der Waals surface area (Å²) < 4.78 is 26.0. The zero-order valence-electron chi connectivity index (χ0n) is 11.1. The first-order chi connectivity index (χ1) is 8.01. The van der Waals surface area contributed by atoms with Crippen LogP contribution >= 0.6 is 0 Å². The minimum atomic E-state index is -3.14. The minimum Gasteiger partial charge on any atom is -0.326 e. The van der Waals surface area contributed by atoms with Crippen molar-refractivity contribution in [3.8, 4) is 0 Å². The Morgan fingerprint density at radius 2 is 1.65 bits per heavy atom. The molecule has 0 aliphatic carbocycles. The first-order valence-corrected chi connectivity index (χ1v) is 8.35. The SMILES string of the molecule is CCC(CC)C(N)CS(=O)(=O)N1CCCCC1. The Labute approximate surface area is 106 Å². The maximum Gasteiger partial charge on any atom is 0.215 e. The molecule has 0 radical (unpaired) electrons. The van der Waals surface area contributed by atoms with Crippen molar-refractivity contribution in [3.05, 3.63) is 0 Å². The van der Waals surface area contributed by atoms with Gasteiger partial charge in [-0.25, -0.2) is 12.7 Å². The molecule has 1 rings (SSSR count). The van der Waals surface area contributed by atoms with Crippen LogP contribution in [0.3, 0.4) is 0 Å². The van der Waals surface area contributed by atoms with Crippen molar-refractivity contribution in [3.63, 3.8) is 0 Å². The molecule has 102 valence electrons. The van der Waals surface area contributed by atoms with Gasteiger partial charge < -0.3 is 5.73 Å². The highest BCUT2D eigenvalue weighted by atomic mass is 32.2. The Bertz CT molecular complexity index is 306. The van der Waals surface area contributed by atoms with Crippen molar-refractivity contribution in [2.45, 2.75) is 52.0 Å². The first-order valence-electron chi connectivity index (χ1n) is 6.74. The molecule has 17 heavy (non-hydrogen) atoms. The number of nitrogens with zero attached hydrogens (tertiary/aromatic N) is 1. The molecule has 5 heteroatoms. The first kappa shape index (κ1) is 14.9. The van der Waals surface area contributed by atoms with Crippen LogP contribution in [-0.2, 0) is 10.0 Å². The van der Waals surface area contributed by atoms with Crippen LogP contribution in [-0.4, -0.2) is 37.6 Å². The average Bonchev–Trinajstić information content (AvgIpc) is 2.31. The zero-order chi connectivity index (χ0) is 12.9. The third-order valence-corrected chi connectivity index (χ3v) is 5.72. The van der Waals surface area contributed by atoms with Gasteiger partial charge >= 0.3 is 0 Å². The number of sulfonamides is 1. The fraction of sp³-hybridized carbons (Fsp3) is 1.00. The summed E-state index contributed by atoms with van der Waals surface area (Å²) in [6.07, 6.45) is 5.02. The summed E-state index contributed by atoms with van der Waals surface area (Å²) in [7, 11) is -3.14. The van der Waals surface area contributed by atoms with E-state index < -0.39 is 10.0 Å². The molecule has 1 aliphatic rings. The summed E-state index contributed by atoms with van der Waals surface area (Å²) in [6, 6.07) is -0.225. The van der Waals surface area contributed by atoms with E-state index in [9.17, 15) is 8.42 Å². The lowest BCUT2D eigenvalue weighted by molar-refractivity contribution is 0.339. The van der Waals surface area contributed by atoms with E-state index in [0.29, 0.717) is 19.0 Å². The summed E-state index contributed by atoms with van der Waals surface area (Å²) in [6.45, 7) is 5.50. The average molecular weight is 262 g/mol. The fourth-order valence-electron chi connectivity index (χ4n) is 2.52. The Kier molecular flexibility index (Phi) is 5.89. The van der Waals surface area contributed by atoms with Crippen molar-refractivity contribution in [1.82, 2.24) is 4.31 Å².